The van der Waals surface area contributed by atoms with Crippen LogP contribution in [0.4, 0.5) is 0 Å². The molecule has 1 aliphatic heterocycles. The topological polar surface area (TPSA) is 69.7 Å². The summed E-state index contributed by atoms with van der Waals surface area (Å²) in [5.74, 6) is 1.21. The summed E-state index contributed by atoms with van der Waals surface area (Å²) >= 11 is 0. The van der Waals surface area contributed by atoms with Crippen molar-refractivity contribution in [3.05, 3.63) is 29.3 Å². The van der Waals surface area contributed by atoms with Crippen molar-refractivity contribution >= 4 is 15.9 Å². The molecule has 2 bridgehead atoms. The number of piperazine rings is 1. The number of likely N-dealkylation sites (N-methyl/N-ethyl adjacent to an activating group) is 1. The molecule has 1 N–H and O–H groups in total. The maximum absolute atomic E-state index is 13.0. The second kappa shape index (κ2) is 7.18. The Morgan fingerprint density at radius 1 is 1.11 bits per heavy atom. The van der Waals surface area contributed by atoms with Crippen molar-refractivity contribution in [2.45, 2.75) is 43.5 Å². The Labute approximate surface area is 162 Å². The highest BCUT2D eigenvalue weighted by Crippen LogP contribution is 2.44. The first-order valence-corrected chi connectivity index (χ1v) is 11.4. The number of carbonyl (C=O) groups excluding carboxylic acids is 1. The fourth-order valence-electron chi connectivity index (χ4n) is 4.85. The van der Waals surface area contributed by atoms with Crippen LogP contribution in [0, 0.1) is 18.8 Å². The van der Waals surface area contributed by atoms with Gasteiger partial charge >= 0.3 is 0 Å². The van der Waals surface area contributed by atoms with Crippen LogP contribution in [-0.2, 0) is 10.0 Å². The molecule has 2 saturated carbocycles. The molecule has 7 heteroatoms. The predicted molar refractivity (Wildman–Crippen MR) is 104 cm³/mol. The van der Waals surface area contributed by atoms with Gasteiger partial charge in [-0.3, -0.25) is 4.79 Å². The van der Waals surface area contributed by atoms with E-state index in [1.54, 1.807) is 18.2 Å². The van der Waals surface area contributed by atoms with Gasteiger partial charge in [0, 0.05) is 37.8 Å². The van der Waals surface area contributed by atoms with Crippen LogP contribution < -0.4 is 5.32 Å². The summed E-state index contributed by atoms with van der Waals surface area (Å²) in [6, 6.07) is 5.18. The van der Waals surface area contributed by atoms with E-state index in [0.717, 1.165) is 31.0 Å². The first kappa shape index (κ1) is 18.9. The Morgan fingerprint density at radius 3 is 2.48 bits per heavy atom. The van der Waals surface area contributed by atoms with Crippen LogP contribution >= 0.6 is 0 Å². The molecule has 0 radical (unpaired) electrons. The van der Waals surface area contributed by atoms with E-state index < -0.39 is 10.0 Å². The Kier molecular flexibility index (Phi) is 5.03. The molecule has 1 saturated heterocycles. The number of amides is 1. The highest BCUT2D eigenvalue weighted by molar-refractivity contribution is 7.89. The lowest BCUT2D eigenvalue weighted by Crippen LogP contribution is -2.47. The third-order valence-electron chi connectivity index (χ3n) is 6.61. The Morgan fingerprint density at radius 2 is 1.85 bits per heavy atom. The van der Waals surface area contributed by atoms with E-state index in [-0.39, 0.29) is 16.8 Å². The van der Waals surface area contributed by atoms with E-state index in [1.165, 1.54) is 23.6 Å². The number of carbonyl (C=O) groups is 1. The zero-order valence-electron chi connectivity index (χ0n) is 16.1. The molecule has 6 nitrogen and oxygen atoms in total. The van der Waals surface area contributed by atoms with Crippen LogP contribution in [0.5, 0.6) is 0 Å². The first-order chi connectivity index (χ1) is 12.8. The van der Waals surface area contributed by atoms with Crippen molar-refractivity contribution in [1.29, 1.82) is 0 Å². The Balaban J connectivity index is 1.53. The molecule has 1 aromatic rings. The molecule has 27 heavy (non-hydrogen) atoms. The number of nitrogens with one attached hydrogen (secondary N) is 1. The Bertz CT molecular complexity index is 831. The summed E-state index contributed by atoms with van der Waals surface area (Å²) in [5.41, 5.74) is 1.29. The summed E-state index contributed by atoms with van der Waals surface area (Å²) in [7, 11) is -1.57. The Hall–Kier alpha value is -1.44. The lowest BCUT2D eigenvalue weighted by atomic mass is 9.95. The third-order valence-corrected chi connectivity index (χ3v) is 8.50. The molecule has 2 aliphatic carbocycles. The first-order valence-electron chi connectivity index (χ1n) is 9.95. The van der Waals surface area contributed by atoms with Crippen molar-refractivity contribution in [3.8, 4) is 0 Å². The monoisotopic (exact) mass is 391 g/mol. The summed E-state index contributed by atoms with van der Waals surface area (Å²) < 4.78 is 27.5. The van der Waals surface area contributed by atoms with Crippen molar-refractivity contribution < 1.29 is 13.2 Å². The maximum atomic E-state index is 13.0. The number of rotatable bonds is 4. The molecule has 0 spiro atoms. The lowest BCUT2D eigenvalue weighted by Gasteiger charge is -2.31. The van der Waals surface area contributed by atoms with Crippen LogP contribution in [0.1, 0.15) is 41.6 Å². The molecule has 3 aliphatic rings. The number of benzene rings is 1. The van der Waals surface area contributed by atoms with E-state index in [9.17, 15) is 13.2 Å². The third kappa shape index (κ3) is 3.65. The molecule has 3 atom stereocenters. The van der Waals surface area contributed by atoms with Gasteiger partial charge in [0.15, 0.2) is 0 Å². The van der Waals surface area contributed by atoms with Crippen LogP contribution in [0.3, 0.4) is 0 Å². The second-order valence-corrected chi connectivity index (χ2v) is 10.4. The van der Waals surface area contributed by atoms with E-state index in [2.05, 4.69) is 10.2 Å². The quantitative estimate of drug-likeness (QED) is 0.850. The van der Waals surface area contributed by atoms with E-state index in [1.807, 2.05) is 14.0 Å². The van der Waals surface area contributed by atoms with Crippen molar-refractivity contribution in [3.63, 3.8) is 0 Å². The molecule has 148 valence electrons. The van der Waals surface area contributed by atoms with Gasteiger partial charge in [-0.05, 0) is 62.8 Å². The molecule has 3 fully saturated rings. The highest BCUT2D eigenvalue weighted by Gasteiger charge is 2.40. The molecule has 1 heterocycles. The summed E-state index contributed by atoms with van der Waals surface area (Å²) in [5, 5.41) is 3.18. The minimum absolute atomic E-state index is 0.138. The molecular weight excluding hydrogens is 362 g/mol. The van der Waals surface area contributed by atoms with Gasteiger partial charge in [-0.15, -0.1) is 0 Å². The van der Waals surface area contributed by atoms with Gasteiger partial charge in [0.25, 0.3) is 5.91 Å². The van der Waals surface area contributed by atoms with E-state index in [0.29, 0.717) is 24.6 Å². The molecule has 1 amide bonds. The fraction of sp³-hybridized carbons (Fsp3) is 0.650. The van der Waals surface area contributed by atoms with Gasteiger partial charge < -0.3 is 10.2 Å². The minimum Gasteiger partial charge on any atom is -0.349 e. The van der Waals surface area contributed by atoms with Crippen molar-refractivity contribution in [1.82, 2.24) is 14.5 Å². The molecule has 0 aromatic heterocycles. The van der Waals surface area contributed by atoms with E-state index >= 15 is 0 Å². The SMILES string of the molecule is Cc1ccc(S(=O)(=O)N2CCN(C)CC2)cc1C(=O)N[C@@H]1C[C@H]2CC[C@@H]1C2. The fourth-order valence-corrected chi connectivity index (χ4v) is 6.30. The molecule has 1 aromatic carbocycles. The average Bonchev–Trinajstić information content (AvgIpc) is 3.25. The van der Waals surface area contributed by atoms with Crippen LogP contribution in [-0.4, -0.2) is 62.8 Å². The van der Waals surface area contributed by atoms with Gasteiger partial charge in [0.2, 0.25) is 10.0 Å². The molecule has 0 unspecified atom stereocenters. The highest BCUT2D eigenvalue weighted by atomic mass is 32.2. The number of sulfonamides is 1. The summed E-state index contributed by atoms with van der Waals surface area (Å²) in [6.07, 6.45) is 4.78. The van der Waals surface area contributed by atoms with Gasteiger partial charge in [-0.25, -0.2) is 8.42 Å². The zero-order valence-corrected chi connectivity index (χ0v) is 17.0. The van der Waals surface area contributed by atoms with E-state index in [4.69, 9.17) is 0 Å². The van der Waals surface area contributed by atoms with Gasteiger partial charge in [0.05, 0.1) is 4.90 Å². The number of nitrogens with zero attached hydrogens (tertiary/aromatic N) is 2. The van der Waals surface area contributed by atoms with Gasteiger partial charge in [-0.2, -0.15) is 4.31 Å². The largest absolute Gasteiger partial charge is 0.349 e. The van der Waals surface area contributed by atoms with Gasteiger partial charge in [0.1, 0.15) is 0 Å². The minimum atomic E-state index is -3.57. The number of hydrogen-bond acceptors (Lipinski definition) is 4. The standard InChI is InChI=1S/C20H29N3O3S/c1-14-3-6-17(27(25,26)23-9-7-22(2)8-10-23)13-18(14)20(24)21-19-12-15-4-5-16(19)11-15/h3,6,13,15-16,19H,4-5,7-12H2,1-2H3,(H,21,24)/t15-,16+,19+/m0/s1. The summed E-state index contributed by atoms with van der Waals surface area (Å²) in [4.78, 5) is 15.2. The number of fused-ring (bicyclic) bond motifs is 2. The average molecular weight is 392 g/mol. The predicted octanol–water partition coefficient (Wildman–Crippen LogP) is 1.85. The molecular formula is C20H29N3O3S. The number of aryl methyl sites for hydroxylation is 1. The van der Waals surface area contributed by atoms with Gasteiger partial charge in [-0.1, -0.05) is 12.5 Å². The van der Waals surface area contributed by atoms with Crippen LogP contribution in [0.25, 0.3) is 0 Å². The summed E-state index contributed by atoms with van der Waals surface area (Å²) in [6.45, 7) is 4.28. The van der Waals surface area contributed by atoms with Crippen molar-refractivity contribution in [2.75, 3.05) is 33.2 Å². The second-order valence-electron chi connectivity index (χ2n) is 8.44. The van der Waals surface area contributed by atoms with Crippen LogP contribution in [0.2, 0.25) is 0 Å². The van der Waals surface area contributed by atoms with Crippen molar-refractivity contribution in [2.24, 2.45) is 11.8 Å². The molecule has 4 rings (SSSR count). The van der Waals surface area contributed by atoms with Crippen LogP contribution in [0.15, 0.2) is 23.1 Å². The normalized spacial score (nSPS) is 29.2. The lowest BCUT2D eigenvalue weighted by molar-refractivity contribution is 0.0922. The smallest absolute Gasteiger partial charge is 0.251 e. The number of hydrogen-bond donors (Lipinski definition) is 1. The maximum Gasteiger partial charge on any atom is 0.251 e. The zero-order chi connectivity index (χ0) is 19.2.